The van der Waals surface area contributed by atoms with Gasteiger partial charge in [0.05, 0.1) is 14.2 Å². The van der Waals surface area contributed by atoms with Gasteiger partial charge < -0.3 is 9.47 Å². The van der Waals surface area contributed by atoms with E-state index >= 15 is 0 Å². The molecule has 2 aromatic rings. The van der Waals surface area contributed by atoms with Gasteiger partial charge in [-0.15, -0.1) is 0 Å². The smallest absolute Gasteiger partial charge is 0.150 e. The molecule has 0 atom stereocenters. The van der Waals surface area contributed by atoms with Crippen molar-refractivity contribution in [3.63, 3.8) is 0 Å². The van der Waals surface area contributed by atoms with Crippen LogP contribution in [0.25, 0.3) is 11.1 Å². The summed E-state index contributed by atoms with van der Waals surface area (Å²) in [7, 11) is 3.19. The number of benzene rings is 2. The molecule has 0 bridgehead atoms. The molecule has 2 aromatic carbocycles. The Morgan fingerprint density at radius 2 is 1.53 bits per heavy atom. The summed E-state index contributed by atoms with van der Waals surface area (Å²) >= 11 is 3.50. The Balaban J connectivity index is 2.55. The summed E-state index contributed by atoms with van der Waals surface area (Å²) in [5, 5.41) is 0. The van der Waals surface area contributed by atoms with Crippen molar-refractivity contribution in [1.82, 2.24) is 0 Å². The lowest BCUT2D eigenvalue weighted by Gasteiger charge is -2.10. The summed E-state index contributed by atoms with van der Waals surface area (Å²) in [5.74, 6) is 1.42. The fourth-order valence-electron chi connectivity index (χ4n) is 1.85. The van der Waals surface area contributed by atoms with Crippen LogP contribution in [0.1, 0.15) is 10.4 Å². The van der Waals surface area contributed by atoms with Crippen molar-refractivity contribution in [2.24, 2.45) is 0 Å². The Hall–Kier alpha value is -1.81. The maximum Gasteiger partial charge on any atom is 0.150 e. The van der Waals surface area contributed by atoms with Crippen molar-refractivity contribution in [2.45, 2.75) is 0 Å². The van der Waals surface area contributed by atoms with Crippen LogP contribution < -0.4 is 9.47 Å². The van der Waals surface area contributed by atoms with Crippen LogP contribution in [0.4, 0.5) is 0 Å². The average Bonchev–Trinajstić information content (AvgIpc) is 2.46. The minimum atomic E-state index is 0.588. The second-order valence-electron chi connectivity index (χ2n) is 3.92. The number of ether oxygens (including phenoxy) is 2. The first-order chi connectivity index (χ1) is 9.19. The van der Waals surface area contributed by atoms with Gasteiger partial charge in [-0.2, -0.15) is 0 Å². The molecule has 0 amide bonds. The Kier molecular flexibility index (Phi) is 4.22. The first kappa shape index (κ1) is 13.6. The molecule has 0 radical (unpaired) electrons. The van der Waals surface area contributed by atoms with Gasteiger partial charge in [-0.1, -0.05) is 15.9 Å². The van der Waals surface area contributed by atoms with E-state index in [1.165, 1.54) is 0 Å². The van der Waals surface area contributed by atoms with Crippen LogP contribution in [0.5, 0.6) is 11.5 Å². The average molecular weight is 321 g/mol. The number of methoxy groups -OCH3 is 2. The van der Waals surface area contributed by atoms with Gasteiger partial charge in [-0.25, -0.2) is 0 Å². The normalized spacial score (nSPS) is 10.1. The summed E-state index contributed by atoms with van der Waals surface area (Å²) in [6.07, 6.45) is 0.828. The summed E-state index contributed by atoms with van der Waals surface area (Å²) in [5.41, 5.74) is 2.38. The Morgan fingerprint density at radius 3 is 2.05 bits per heavy atom. The van der Waals surface area contributed by atoms with Crippen LogP contribution >= 0.6 is 15.9 Å². The Morgan fingerprint density at radius 1 is 0.947 bits per heavy atom. The fourth-order valence-corrected chi connectivity index (χ4v) is 2.42. The van der Waals surface area contributed by atoms with E-state index in [1.807, 2.05) is 30.3 Å². The van der Waals surface area contributed by atoms with E-state index in [0.29, 0.717) is 11.3 Å². The first-order valence-corrected chi connectivity index (χ1v) is 6.46. The van der Waals surface area contributed by atoms with Crippen LogP contribution in [0.3, 0.4) is 0 Å². The maximum absolute atomic E-state index is 11.2. The van der Waals surface area contributed by atoms with Crippen molar-refractivity contribution in [2.75, 3.05) is 14.2 Å². The molecule has 0 saturated carbocycles. The zero-order chi connectivity index (χ0) is 13.8. The molecule has 98 valence electrons. The van der Waals surface area contributed by atoms with Crippen LogP contribution in [0, 0.1) is 0 Å². The lowest BCUT2D eigenvalue weighted by molar-refractivity contribution is 0.112. The minimum Gasteiger partial charge on any atom is -0.497 e. The van der Waals surface area contributed by atoms with Crippen LogP contribution in [0.2, 0.25) is 0 Å². The van der Waals surface area contributed by atoms with Crippen molar-refractivity contribution in [3.05, 3.63) is 46.4 Å². The quantitative estimate of drug-likeness (QED) is 0.800. The van der Waals surface area contributed by atoms with E-state index in [9.17, 15) is 4.79 Å². The van der Waals surface area contributed by atoms with Gasteiger partial charge in [0.1, 0.15) is 11.5 Å². The van der Waals surface area contributed by atoms with Crippen molar-refractivity contribution in [3.8, 4) is 22.6 Å². The third-order valence-electron chi connectivity index (χ3n) is 2.85. The lowest BCUT2D eigenvalue weighted by atomic mass is 10.00. The van der Waals surface area contributed by atoms with E-state index in [-0.39, 0.29) is 0 Å². The molecule has 2 rings (SSSR count). The highest BCUT2D eigenvalue weighted by Crippen LogP contribution is 2.34. The molecule has 0 aromatic heterocycles. The predicted octanol–water partition coefficient (Wildman–Crippen LogP) is 3.95. The molecular weight excluding hydrogens is 308 g/mol. The molecule has 4 heteroatoms. The number of rotatable bonds is 4. The number of carbonyl (C=O) groups excluding carboxylic acids is 1. The largest absolute Gasteiger partial charge is 0.497 e. The Bertz CT molecular complexity index is 608. The topological polar surface area (TPSA) is 35.5 Å². The molecule has 3 nitrogen and oxygen atoms in total. The number of halogens is 1. The van der Waals surface area contributed by atoms with Gasteiger partial charge in [0, 0.05) is 10.0 Å². The van der Waals surface area contributed by atoms with Gasteiger partial charge >= 0.3 is 0 Å². The molecule has 19 heavy (non-hydrogen) atoms. The molecule has 0 aliphatic heterocycles. The van der Waals surface area contributed by atoms with E-state index in [0.717, 1.165) is 27.6 Å². The van der Waals surface area contributed by atoms with Crippen LogP contribution in [-0.2, 0) is 0 Å². The highest BCUT2D eigenvalue weighted by molar-refractivity contribution is 9.10. The number of aldehydes is 1. The lowest BCUT2D eigenvalue weighted by Crippen LogP contribution is -1.92. The number of carbonyl (C=O) groups is 1. The molecule has 0 fully saturated rings. The van der Waals surface area contributed by atoms with E-state index in [2.05, 4.69) is 15.9 Å². The summed E-state index contributed by atoms with van der Waals surface area (Å²) in [6, 6.07) is 11.1. The molecule has 0 N–H and O–H groups in total. The second-order valence-corrected chi connectivity index (χ2v) is 4.77. The van der Waals surface area contributed by atoms with E-state index in [1.54, 1.807) is 20.3 Å². The molecule has 0 aliphatic carbocycles. The van der Waals surface area contributed by atoms with Crippen LogP contribution in [0.15, 0.2) is 40.9 Å². The molecule has 0 saturated heterocycles. The van der Waals surface area contributed by atoms with E-state index in [4.69, 9.17) is 9.47 Å². The van der Waals surface area contributed by atoms with Crippen molar-refractivity contribution < 1.29 is 14.3 Å². The maximum atomic E-state index is 11.2. The highest BCUT2D eigenvalue weighted by Gasteiger charge is 2.10. The zero-order valence-corrected chi connectivity index (χ0v) is 12.2. The first-order valence-electron chi connectivity index (χ1n) is 5.66. The molecule has 0 spiro atoms. The van der Waals surface area contributed by atoms with Gasteiger partial charge in [0.15, 0.2) is 6.29 Å². The summed E-state index contributed by atoms with van der Waals surface area (Å²) in [4.78, 5) is 11.2. The summed E-state index contributed by atoms with van der Waals surface area (Å²) in [6.45, 7) is 0. The molecule has 0 unspecified atom stereocenters. The highest BCUT2D eigenvalue weighted by atomic mass is 79.9. The van der Waals surface area contributed by atoms with Gasteiger partial charge in [-0.3, -0.25) is 4.79 Å². The Labute approximate surface area is 120 Å². The molecule has 0 aliphatic rings. The minimum absolute atomic E-state index is 0.588. The van der Waals surface area contributed by atoms with Gasteiger partial charge in [0.25, 0.3) is 0 Å². The summed E-state index contributed by atoms with van der Waals surface area (Å²) < 4.78 is 11.2. The standard InChI is InChI=1S/C15H13BrO3/c1-18-11-3-5-13(10(7-11)9-17)14-6-4-12(19-2)8-15(14)16/h3-9H,1-2H3. The second kappa shape index (κ2) is 5.89. The third kappa shape index (κ3) is 2.79. The number of hydrogen-bond donors (Lipinski definition) is 0. The number of hydrogen-bond acceptors (Lipinski definition) is 3. The van der Waals surface area contributed by atoms with Gasteiger partial charge in [0.2, 0.25) is 0 Å². The van der Waals surface area contributed by atoms with Crippen molar-refractivity contribution in [1.29, 1.82) is 0 Å². The molecular formula is C15H13BrO3. The van der Waals surface area contributed by atoms with Gasteiger partial charge in [-0.05, 0) is 47.5 Å². The SMILES string of the molecule is COc1ccc(-c2ccc(OC)cc2C=O)c(Br)c1. The predicted molar refractivity (Wildman–Crippen MR) is 78.1 cm³/mol. The van der Waals surface area contributed by atoms with Crippen molar-refractivity contribution >= 4 is 22.2 Å². The van der Waals surface area contributed by atoms with E-state index < -0.39 is 0 Å². The molecule has 0 heterocycles. The fraction of sp³-hybridized carbons (Fsp3) is 0.133. The van der Waals surface area contributed by atoms with Crippen LogP contribution in [-0.4, -0.2) is 20.5 Å². The zero-order valence-electron chi connectivity index (χ0n) is 10.6. The monoisotopic (exact) mass is 320 g/mol. The third-order valence-corrected chi connectivity index (χ3v) is 3.51.